The van der Waals surface area contributed by atoms with Gasteiger partial charge in [0.25, 0.3) is 11.8 Å². The molecule has 2 heterocycles. The zero-order valence-corrected chi connectivity index (χ0v) is 44.6. The van der Waals surface area contributed by atoms with E-state index in [-0.39, 0.29) is 35.5 Å². The Morgan fingerprint density at radius 1 is 0.600 bits per heavy atom. The molecule has 60 heavy (non-hydrogen) atoms. The van der Waals surface area contributed by atoms with E-state index in [0.717, 1.165) is 76.7 Å². The van der Waals surface area contributed by atoms with Crippen LogP contribution in [0.3, 0.4) is 0 Å². The Kier molecular flexibility index (Phi) is 31.1. The van der Waals surface area contributed by atoms with Crippen LogP contribution in [0.5, 0.6) is 0 Å². The third-order valence-electron chi connectivity index (χ3n) is 11.1. The van der Waals surface area contributed by atoms with Crippen molar-refractivity contribution in [3.8, 4) is 0 Å². The van der Waals surface area contributed by atoms with E-state index in [2.05, 4.69) is 125 Å². The largest absolute Gasteiger partial charge is 0.283 e. The number of rotatable bonds is 24. The van der Waals surface area contributed by atoms with Gasteiger partial charge in [0.1, 0.15) is 0 Å². The van der Waals surface area contributed by atoms with Crippen molar-refractivity contribution in [1.29, 1.82) is 0 Å². The highest BCUT2D eigenvalue weighted by Crippen LogP contribution is 2.36. The number of nitrogens with zero attached hydrogens (tertiary/aromatic N) is 2. The van der Waals surface area contributed by atoms with Crippen LogP contribution in [0.25, 0.3) is 0 Å². The minimum atomic E-state index is -0.219. The first-order valence-electron chi connectivity index (χ1n) is 22.9. The van der Waals surface area contributed by atoms with Crippen LogP contribution in [-0.4, -0.2) is 67.0 Å². The third-order valence-corrected chi connectivity index (χ3v) is 12.0. The molecule has 0 N–H and O–H groups in total. The molecule has 0 aromatic rings. The zero-order valence-electron chi connectivity index (χ0n) is 40.6. The van der Waals surface area contributed by atoms with Crippen molar-refractivity contribution in [3.63, 3.8) is 0 Å². The van der Waals surface area contributed by atoms with Crippen molar-refractivity contribution in [1.82, 2.24) is 9.80 Å². The first kappa shape index (κ1) is 56.4. The molecule has 8 heteroatoms. The van der Waals surface area contributed by atoms with Gasteiger partial charge in [-0.2, -0.15) is 0 Å². The number of carbonyl (C=O) groups excluding carboxylic acids is 4. The molecular weight excluding hydrogens is 773 g/mol. The molecule has 2 aliphatic heterocycles. The van der Waals surface area contributed by atoms with Gasteiger partial charge in [0.2, 0.25) is 11.8 Å². The maximum atomic E-state index is 13.0. The molecule has 0 aromatic heterocycles. The lowest BCUT2D eigenvalue weighted by Crippen LogP contribution is -2.33. The fraction of sp³-hybridized carbons (Fsp3) is 0.577. The first-order chi connectivity index (χ1) is 28.4. The second kappa shape index (κ2) is 33.1. The van der Waals surface area contributed by atoms with Crippen LogP contribution in [0, 0.1) is 11.8 Å². The van der Waals surface area contributed by atoms with E-state index in [1.165, 1.54) is 99.5 Å². The summed E-state index contributed by atoms with van der Waals surface area (Å²) in [5, 5.41) is 0. The Morgan fingerprint density at radius 2 is 0.983 bits per heavy atom. The van der Waals surface area contributed by atoms with Gasteiger partial charge >= 0.3 is 0 Å². The summed E-state index contributed by atoms with van der Waals surface area (Å²) in [4.78, 5) is 49.9. The molecule has 2 aliphatic rings. The summed E-state index contributed by atoms with van der Waals surface area (Å²) >= 11 is 0. The van der Waals surface area contributed by atoms with Gasteiger partial charge in [0, 0.05) is 52.1 Å². The highest BCUT2D eigenvalue weighted by Gasteiger charge is 2.42. The highest BCUT2D eigenvalue weighted by molar-refractivity contribution is 6.14. The van der Waals surface area contributed by atoms with Gasteiger partial charge in [-0.3, -0.25) is 29.0 Å². The topological polar surface area (TPSA) is 74.8 Å². The molecule has 4 amide bonds. The van der Waals surface area contributed by atoms with Crippen LogP contribution in [0.2, 0.25) is 12.1 Å². The summed E-state index contributed by atoms with van der Waals surface area (Å²) in [6, 6.07) is 1.91. The number of hydrogen-bond acceptors (Lipinski definition) is 4. The molecule has 1 saturated heterocycles. The van der Waals surface area contributed by atoms with Gasteiger partial charge in [0.15, 0.2) is 0 Å². The summed E-state index contributed by atoms with van der Waals surface area (Å²) in [6.07, 6.45) is 32.1. The van der Waals surface area contributed by atoms with Crippen LogP contribution in [-0.2, 0) is 19.2 Å². The van der Waals surface area contributed by atoms with E-state index >= 15 is 0 Å². The second-order valence-electron chi connectivity index (χ2n) is 17.3. The first-order valence-corrected chi connectivity index (χ1v) is 25.8. The average molecular weight is 859 g/mol. The van der Waals surface area contributed by atoms with Gasteiger partial charge in [-0.15, -0.1) is 0 Å². The number of hydrogen-bond donors (Lipinski definition) is 0. The lowest BCUT2D eigenvalue weighted by molar-refractivity contribution is -0.140. The summed E-state index contributed by atoms with van der Waals surface area (Å²) in [7, 11) is 2.04. The lowest BCUT2D eigenvalue weighted by Gasteiger charge is -2.25. The fourth-order valence-electron chi connectivity index (χ4n) is 6.98. The molecule has 0 bridgehead atoms. The minimum absolute atomic E-state index is 0.0111. The molecule has 0 spiro atoms. The predicted molar refractivity (Wildman–Crippen MR) is 267 cm³/mol. The standard InChI is InChI=1S/C26H43NO2Si.C20H34.C6H9NO2Si/c1-7-20(4)11-9-12-21(5)14-15-23(22(6)13-8-10-19(2)3)24-18-25(28)27(16-17-30)26(24)29;1-7-18(4)12-9-14-20(6)16-10-15-19(5)13-8-11-17(2)3;8-5-1-2-6(9)7(5)3-4-10/h7,10,12,23-24H,6,8-9,11,13-18H2,1-5,30H3;7,11,14-15H,8-10,12-13,16H2,1-6H3;1-2H,3-4H2,10H3/b20-7+,21-12+;18-7+,19-15+,20-14+;. The normalized spacial score (nSPS) is 16.9. The van der Waals surface area contributed by atoms with Crippen molar-refractivity contribution in [3.05, 3.63) is 106 Å². The molecule has 0 saturated carbocycles. The summed E-state index contributed by atoms with van der Waals surface area (Å²) < 4.78 is 0. The molecule has 0 aromatic carbocycles. The monoisotopic (exact) mass is 859 g/mol. The van der Waals surface area contributed by atoms with Gasteiger partial charge in [-0.1, -0.05) is 93.7 Å². The Balaban J connectivity index is 0.000000988. The molecule has 336 valence electrons. The van der Waals surface area contributed by atoms with Crippen LogP contribution < -0.4 is 0 Å². The predicted octanol–water partition coefficient (Wildman–Crippen LogP) is 11.4. The van der Waals surface area contributed by atoms with Crippen molar-refractivity contribution >= 4 is 44.1 Å². The Morgan fingerprint density at radius 3 is 1.40 bits per heavy atom. The highest BCUT2D eigenvalue weighted by atomic mass is 28.1. The quantitative estimate of drug-likeness (QED) is 0.0550. The Labute approximate surface area is 374 Å². The fourth-order valence-corrected chi connectivity index (χ4v) is 7.88. The average Bonchev–Trinajstić information content (AvgIpc) is 3.66. The molecule has 6 nitrogen and oxygen atoms in total. The van der Waals surface area contributed by atoms with Gasteiger partial charge in [0.05, 0.1) is 5.92 Å². The van der Waals surface area contributed by atoms with Crippen molar-refractivity contribution < 1.29 is 19.2 Å². The number of imide groups is 2. The number of carbonyl (C=O) groups is 4. The smallest absolute Gasteiger partial charge is 0.253 e. The van der Waals surface area contributed by atoms with Crippen molar-refractivity contribution in [2.75, 3.05) is 13.1 Å². The SMILES string of the molecule is C/C=C(\C)CC/C=C(\C)CC/C=C(\C)CCC=C(C)C.C=C(CCC=C(C)C)C(CC/C(C)=C/CC/C(C)=C/C)C1CC(=O)N(CC[SiH3])C1=O.O=C1C=CC(=O)N1CC[SiH3]. The van der Waals surface area contributed by atoms with E-state index < -0.39 is 0 Å². The molecule has 2 rings (SSSR count). The van der Waals surface area contributed by atoms with Gasteiger partial charge in [-0.05, 0) is 171 Å². The molecule has 1 fully saturated rings. The molecular formula is C52H86N2O4Si2. The second-order valence-corrected chi connectivity index (χ2v) is 19.3. The summed E-state index contributed by atoms with van der Waals surface area (Å²) in [5.41, 5.74) is 11.2. The van der Waals surface area contributed by atoms with Crippen LogP contribution in [0.1, 0.15) is 160 Å². The Hall–Kier alpha value is -3.63. The maximum Gasteiger partial charge on any atom is 0.253 e. The number of likely N-dealkylation sites (tertiary alicyclic amines) is 1. The minimum Gasteiger partial charge on any atom is -0.283 e. The van der Waals surface area contributed by atoms with Crippen LogP contribution in [0.4, 0.5) is 0 Å². The number of amides is 4. The third kappa shape index (κ3) is 25.2. The van der Waals surface area contributed by atoms with Gasteiger partial charge in [-0.25, -0.2) is 0 Å². The van der Waals surface area contributed by atoms with Crippen molar-refractivity contribution in [2.45, 2.75) is 172 Å². The van der Waals surface area contributed by atoms with E-state index in [0.29, 0.717) is 19.5 Å². The van der Waals surface area contributed by atoms with E-state index in [1.54, 1.807) is 0 Å². The molecule has 2 unspecified atom stereocenters. The van der Waals surface area contributed by atoms with E-state index in [9.17, 15) is 19.2 Å². The number of allylic oxidation sites excluding steroid dienone is 15. The molecule has 2 atom stereocenters. The molecule has 0 radical (unpaired) electrons. The molecule has 0 aliphatic carbocycles. The van der Waals surface area contributed by atoms with Crippen LogP contribution >= 0.6 is 0 Å². The maximum absolute atomic E-state index is 13.0. The van der Waals surface area contributed by atoms with Crippen molar-refractivity contribution in [2.24, 2.45) is 11.8 Å². The van der Waals surface area contributed by atoms with E-state index in [1.807, 2.05) is 0 Å². The zero-order chi connectivity index (χ0) is 45.6. The lowest BCUT2D eigenvalue weighted by atomic mass is 9.79. The van der Waals surface area contributed by atoms with E-state index in [4.69, 9.17) is 0 Å². The summed E-state index contributed by atoms with van der Waals surface area (Å²) in [6.45, 7) is 29.4. The van der Waals surface area contributed by atoms with Gasteiger partial charge < -0.3 is 0 Å². The summed E-state index contributed by atoms with van der Waals surface area (Å²) in [5.74, 6) is -0.414. The van der Waals surface area contributed by atoms with Crippen LogP contribution in [0.15, 0.2) is 106 Å². The Bertz CT molecular complexity index is 1610.